The molecule has 1 aliphatic heterocycles. The van der Waals surface area contributed by atoms with E-state index in [9.17, 15) is 14.4 Å². The fraction of sp³-hybridized carbons (Fsp3) is 0.531. The van der Waals surface area contributed by atoms with E-state index in [1.54, 1.807) is 50.5 Å². The molecule has 0 spiro atoms. The highest BCUT2D eigenvalue weighted by Gasteiger charge is 2.57. The number of methoxy groups -OCH3 is 3. The van der Waals surface area contributed by atoms with E-state index in [4.69, 9.17) is 14.2 Å². The minimum atomic E-state index is -0.810. The zero-order valence-electron chi connectivity index (χ0n) is 23.6. The second-order valence-electron chi connectivity index (χ2n) is 12.1. The summed E-state index contributed by atoms with van der Waals surface area (Å²) >= 11 is 0. The van der Waals surface area contributed by atoms with Crippen LogP contribution >= 0.6 is 0 Å². The van der Waals surface area contributed by atoms with E-state index < -0.39 is 11.5 Å². The molecule has 2 aromatic rings. The zero-order valence-corrected chi connectivity index (χ0v) is 23.6. The van der Waals surface area contributed by atoms with E-state index in [0.29, 0.717) is 53.7 Å². The van der Waals surface area contributed by atoms with E-state index in [0.717, 1.165) is 24.8 Å². The maximum Gasteiger partial charge on any atom is 0.257 e. The van der Waals surface area contributed by atoms with Gasteiger partial charge in [-0.15, -0.1) is 0 Å². The number of nitrogens with zero attached hydrogens (tertiary/aromatic N) is 2. The number of imide groups is 1. The monoisotopic (exact) mass is 546 g/mol. The quantitative estimate of drug-likeness (QED) is 0.427. The Bertz CT molecular complexity index is 1270. The van der Waals surface area contributed by atoms with Gasteiger partial charge in [0.05, 0.1) is 38.9 Å². The van der Waals surface area contributed by atoms with Crippen molar-refractivity contribution in [3.05, 3.63) is 48.0 Å². The van der Waals surface area contributed by atoms with Crippen LogP contribution in [0.5, 0.6) is 17.2 Å². The summed E-state index contributed by atoms with van der Waals surface area (Å²) in [6, 6.07) is 11.8. The predicted molar refractivity (Wildman–Crippen MR) is 149 cm³/mol. The molecule has 0 aromatic heterocycles. The fourth-order valence-corrected chi connectivity index (χ4v) is 8.22. The summed E-state index contributed by atoms with van der Waals surface area (Å²) < 4.78 is 16.1. The standard InChI is InChI=1S/C32H38N2O6/c1-38-25-7-5-24(6-8-25)34-29(35)16-26(30(34)36)33(11-10-20-4-9-27(39-2)28(15-20)40-3)31(37)32-17-21-12-22(18-32)14-23(13-21)19-32/h4-9,15,21-23,26H,10-14,16-19H2,1-3H3. The minimum Gasteiger partial charge on any atom is -0.497 e. The van der Waals surface area contributed by atoms with Gasteiger partial charge in [0, 0.05) is 6.54 Å². The highest BCUT2D eigenvalue weighted by Crippen LogP contribution is 2.60. The molecule has 5 fully saturated rings. The van der Waals surface area contributed by atoms with Gasteiger partial charge in [0.25, 0.3) is 5.91 Å². The van der Waals surface area contributed by atoms with Gasteiger partial charge in [-0.1, -0.05) is 6.07 Å². The van der Waals surface area contributed by atoms with Gasteiger partial charge in [0.2, 0.25) is 11.8 Å². The summed E-state index contributed by atoms with van der Waals surface area (Å²) in [5, 5.41) is 0. The summed E-state index contributed by atoms with van der Waals surface area (Å²) in [7, 11) is 4.77. The highest BCUT2D eigenvalue weighted by atomic mass is 16.5. The average Bonchev–Trinajstić information content (AvgIpc) is 3.25. The third-order valence-corrected chi connectivity index (χ3v) is 9.67. The molecule has 0 radical (unpaired) electrons. The molecule has 1 saturated heterocycles. The Morgan fingerprint density at radius 1 is 0.875 bits per heavy atom. The first-order valence-electron chi connectivity index (χ1n) is 14.4. The highest BCUT2D eigenvalue weighted by molar-refractivity contribution is 6.23. The molecule has 4 saturated carbocycles. The lowest BCUT2D eigenvalue weighted by Crippen LogP contribution is -2.58. The molecule has 4 aliphatic carbocycles. The van der Waals surface area contributed by atoms with Crippen LogP contribution in [0.1, 0.15) is 50.5 Å². The van der Waals surface area contributed by atoms with Crippen LogP contribution in [-0.2, 0) is 20.8 Å². The second kappa shape index (κ2) is 10.5. The number of amides is 3. The molecule has 8 nitrogen and oxygen atoms in total. The van der Waals surface area contributed by atoms with Crippen LogP contribution < -0.4 is 19.1 Å². The van der Waals surface area contributed by atoms with Crippen molar-refractivity contribution in [2.75, 3.05) is 32.8 Å². The number of carbonyl (C=O) groups excluding carboxylic acids is 3. The molecule has 5 aliphatic rings. The third kappa shape index (κ3) is 4.61. The topological polar surface area (TPSA) is 85.4 Å². The molecule has 4 bridgehead atoms. The molecule has 212 valence electrons. The Labute approximate surface area is 235 Å². The fourth-order valence-electron chi connectivity index (χ4n) is 8.22. The number of hydrogen-bond acceptors (Lipinski definition) is 6. The zero-order chi connectivity index (χ0) is 28.0. The molecule has 2 aromatic carbocycles. The van der Waals surface area contributed by atoms with Crippen LogP contribution in [0.4, 0.5) is 5.69 Å². The number of anilines is 1. The van der Waals surface area contributed by atoms with Crippen LogP contribution in [-0.4, -0.2) is 56.5 Å². The number of carbonyl (C=O) groups is 3. The smallest absolute Gasteiger partial charge is 0.257 e. The summed E-state index contributed by atoms with van der Waals surface area (Å²) in [5.41, 5.74) is 1.06. The Kier molecular flexibility index (Phi) is 6.97. The van der Waals surface area contributed by atoms with Crippen molar-refractivity contribution < 1.29 is 28.6 Å². The van der Waals surface area contributed by atoms with Crippen LogP contribution in [0.25, 0.3) is 0 Å². The van der Waals surface area contributed by atoms with Crippen molar-refractivity contribution >= 4 is 23.4 Å². The van der Waals surface area contributed by atoms with Crippen LogP contribution in [0.2, 0.25) is 0 Å². The molecule has 40 heavy (non-hydrogen) atoms. The SMILES string of the molecule is COc1ccc(N2C(=O)CC(N(CCc3ccc(OC)c(OC)c3)C(=O)C34CC5CC(CC(C5)C3)C4)C2=O)cc1. The Hall–Kier alpha value is -3.55. The van der Waals surface area contributed by atoms with Gasteiger partial charge in [-0.25, -0.2) is 4.90 Å². The van der Waals surface area contributed by atoms with Gasteiger partial charge in [-0.3, -0.25) is 14.4 Å². The summed E-state index contributed by atoms with van der Waals surface area (Å²) in [4.78, 5) is 44.7. The van der Waals surface area contributed by atoms with Crippen molar-refractivity contribution in [2.45, 2.75) is 57.4 Å². The van der Waals surface area contributed by atoms with Gasteiger partial charge >= 0.3 is 0 Å². The first-order valence-corrected chi connectivity index (χ1v) is 14.4. The van der Waals surface area contributed by atoms with Gasteiger partial charge in [-0.2, -0.15) is 0 Å². The minimum absolute atomic E-state index is 0.00506. The number of rotatable bonds is 9. The van der Waals surface area contributed by atoms with Crippen molar-refractivity contribution in [1.29, 1.82) is 0 Å². The van der Waals surface area contributed by atoms with Crippen molar-refractivity contribution in [1.82, 2.24) is 4.90 Å². The normalized spacial score (nSPS) is 28.6. The molecule has 8 heteroatoms. The molecule has 1 atom stereocenters. The summed E-state index contributed by atoms with van der Waals surface area (Å²) in [6.45, 7) is 0.357. The van der Waals surface area contributed by atoms with Gasteiger partial charge in [0.1, 0.15) is 11.8 Å². The largest absolute Gasteiger partial charge is 0.497 e. The molecular formula is C32H38N2O6. The van der Waals surface area contributed by atoms with E-state index in [2.05, 4.69) is 0 Å². The molecule has 1 heterocycles. The van der Waals surface area contributed by atoms with Crippen molar-refractivity contribution in [3.8, 4) is 17.2 Å². The van der Waals surface area contributed by atoms with Crippen LogP contribution in [0.15, 0.2) is 42.5 Å². The maximum absolute atomic E-state index is 14.6. The predicted octanol–water partition coefficient (Wildman–Crippen LogP) is 4.63. The van der Waals surface area contributed by atoms with E-state index >= 15 is 0 Å². The molecular weight excluding hydrogens is 508 g/mol. The van der Waals surface area contributed by atoms with Crippen molar-refractivity contribution in [2.24, 2.45) is 23.2 Å². The lowest BCUT2D eigenvalue weighted by molar-refractivity contribution is -0.161. The Morgan fingerprint density at radius 3 is 2.08 bits per heavy atom. The second-order valence-corrected chi connectivity index (χ2v) is 12.1. The van der Waals surface area contributed by atoms with Gasteiger partial charge < -0.3 is 19.1 Å². The van der Waals surface area contributed by atoms with E-state index in [1.807, 2.05) is 18.2 Å². The molecule has 3 amide bonds. The average molecular weight is 547 g/mol. The lowest BCUT2D eigenvalue weighted by atomic mass is 9.49. The summed E-state index contributed by atoms with van der Waals surface area (Å²) in [6.07, 6.45) is 6.93. The first-order chi connectivity index (χ1) is 19.3. The van der Waals surface area contributed by atoms with E-state index in [-0.39, 0.29) is 24.1 Å². The Morgan fingerprint density at radius 2 is 1.50 bits per heavy atom. The first kappa shape index (κ1) is 26.7. The number of hydrogen-bond donors (Lipinski definition) is 0. The number of benzene rings is 2. The lowest BCUT2D eigenvalue weighted by Gasteiger charge is -2.57. The van der Waals surface area contributed by atoms with Gasteiger partial charge in [0.15, 0.2) is 11.5 Å². The van der Waals surface area contributed by atoms with Crippen molar-refractivity contribution in [3.63, 3.8) is 0 Å². The van der Waals surface area contributed by atoms with Gasteiger partial charge in [-0.05, 0) is 105 Å². The molecule has 7 rings (SSSR count). The molecule has 1 unspecified atom stereocenters. The summed E-state index contributed by atoms with van der Waals surface area (Å²) in [5.74, 6) is 3.15. The molecule has 0 N–H and O–H groups in total. The number of ether oxygens (including phenoxy) is 3. The van der Waals surface area contributed by atoms with E-state index in [1.165, 1.54) is 24.2 Å². The maximum atomic E-state index is 14.6. The van der Waals surface area contributed by atoms with Crippen LogP contribution in [0, 0.1) is 23.2 Å². The van der Waals surface area contributed by atoms with Crippen LogP contribution in [0.3, 0.4) is 0 Å². The Balaban J connectivity index is 1.30. The third-order valence-electron chi connectivity index (χ3n) is 9.67.